The van der Waals surface area contributed by atoms with E-state index in [4.69, 9.17) is 10.6 Å². The summed E-state index contributed by atoms with van der Waals surface area (Å²) in [5, 5.41) is 9.86. The molecular weight excluding hydrogens is 192 g/mol. The molecule has 1 rings (SSSR count). The largest absolute Gasteiger partial charge is 0.496 e. The van der Waals surface area contributed by atoms with Crippen LogP contribution in [0, 0.1) is 13.8 Å². The number of nitrogens with two attached hydrogens (primary N) is 1. The molecule has 0 saturated carbocycles. The maximum atomic E-state index is 9.86. The topological polar surface area (TPSA) is 67.5 Å². The molecule has 84 valence electrons. The van der Waals surface area contributed by atoms with Gasteiger partial charge in [0.1, 0.15) is 5.75 Å². The Balaban J connectivity index is 3.13. The summed E-state index contributed by atoms with van der Waals surface area (Å²) in [7, 11) is 1.60. The van der Waals surface area contributed by atoms with Crippen molar-refractivity contribution >= 4 is 0 Å². The van der Waals surface area contributed by atoms with Gasteiger partial charge in [-0.25, -0.2) is 0 Å². The molecule has 0 radical (unpaired) electrons. The van der Waals surface area contributed by atoms with Crippen LogP contribution < -0.4 is 16.0 Å². The normalized spacial score (nSPS) is 12.6. The van der Waals surface area contributed by atoms with Gasteiger partial charge in [-0.3, -0.25) is 11.3 Å². The maximum Gasteiger partial charge on any atom is 0.127 e. The number of hydrazine groups is 1. The summed E-state index contributed by atoms with van der Waals surface area (Å²) in [6.45, 7) is 4.25. The van der Waals surface area contributed by atoms with E-state index in [9.17, 15) is 5.11 Å². The van der Waals surface area contributed by atoms with Crippen molar-refractivity contribution in [3.63, 3.8) is 0 Å². The van der Waals surface area contributed by atoms with Gasteiger partial charge in [-0.1, -0.05) is 11.6 Å². The molecule has 4 N–H and O–H groups in total. The summed E-state index contributed by atoms with van der Waals surface area (Å²) >= 11 is 0. The molecule has 0 bridgehead atoms. The smallest absolute Gasteiger partial charge is 0.127 e. The molecule has 1 aromatic carbocycles. The fourth-order valence-corrected chi connectivity index (χ4v) is 1.74. The lowest BCUT2D eigenvalue weighted by molar-refractivity contribution is 0.171. The van der Waals surface area contributed by atoms with Gasteiger partial charge in [-0.05, 0) is 25.5 Å². The molecule has 4 heteroatoms. The average molecular weight is 210 g/mol. The Bertz CT molecular complexity index is 340. The zero-order chi connectivity index (χ0) is 11.4. The first-order valence-corrected chi connectivity index (χ1v) is 4.86. The Kier molecular flexibility index (Phi) is 4.08. The molecule has 1 atom stereocenters. The second-order valence-corrected chi connectivity index (χ2v) is 3.63. The van der Waals surface area contributed by atoms with Crippen molar-refractivity contribution in [2.75, 3.05) is 13.7 Å². The van der Waals surface area contributed by atoms with Crippen LogP contribution in [0.25, 0.3) is 0 Å². The Labute approximate surface area is 90.0 Å². The molecule has 0 heterocycles. The molecule has 0 fully saturated rings. The molecule has 0 aliphatic rings. The lowest BCUT2D eigenvalue weighted by atomic mass is 10.0. The lowest BCUT2D eigenvalue weighted by Crippen LogP contribution is -2.27. The molecule has 0 amide bonds. The van der Waals surface area contributed by atoms with Gasteiger partial charge in [-0.15, -0.1) is 0 Å². The maximum absolute atomic E-state index is 9.86. The van der Waals surface area contributed by atoms with Gasteiger partial charge >= 0.3 is 0 Å². The van der Waals surface area contributed by atoms with E-state index in [1.54, 1.807) is 7.11 Å². The minimum atomic E-state index is -0.649. The highest BCUT2D eigenvalue weighted by atomic mass is 16.5. The first-order chi connectivity index (χ1) is 7.10. The summed E-state index contributed by atoms with van der Waals surface area (Å²) in [6.07, 6.45) is -0.649. The zero-order valence-corrected chi connectivity index (χ0v) is 9.37. The third-order valence-corrected chi connectivity index (χ3v) is 2.32. The number of aliphatic hydroxyl groups excluding tert-OH is 1. The Morgan fingerprint density at radius 2 is 2.13 bits per heavy atom. The summed E-state index contributed by atoms with van der Waals surface area (Å²) in [5.41, 5.74) is 5.34. The first kappa shape index (κ1) is 12.0. The molecule has 15 heavy (non-hydrogen) atoms. The summed E-state index contributed by atoms with van der Waals surface area (Å²) in [6, 6.07) is 3.93. The lowest BCUT2D eigenvalue weighted by Gasteiger charge is -2.17. The number of rotatable bonds is 4. The molecule has 0 spiro atoms. The molecule has 1 aromatic rings. The van der Waals surface area contributed by atoms with Crippen molar-refractivity contribution in [2.45, 2.75) is 20.0 Å². The van der Waals surface area contributed by atoms with Gasteiger partial charge < -0.3 is 9.84 Å². The minimum Gasteiger partial charge on any atom is -0.496 e. The molecule has 0 aliphatic carbocycles. The second kappa shape index (κ2) is 5.11. The number of hydrogen-bond donors (Lipinski definition) is 3. The van der Waals surface area contributed by atoms with E-state index in [0.29, 0.717) is 6.54 Å². The SMILES string of the molecule is COc1c(C)cc(C)cc1C(O)CNN. The highest BCUT2D eigenvalue weighted by molar-refractivity contribution is 5.45. The van der Waals surface area contributed by atoms with Gasteiger partial charge in [0.25, 0.3) is 0 Å². The number of hydrogen-bond acceptors (Lipinski definition) is 4. The molecular formula is C11H18N2O2. The molecule has 0 aromatic heterocycles. The van der Waals surface area contributed by atoms with Gasteiger partial charge in [-0.2, -0.15) is 0 Å². The molecule has 1 unspecified atom stereocenters. The van der Waals surface area contributed by atoms with Crippen molar-refractivity contribution in [2.24, 2.45) is 5.84 Å². The van der Waals surface area contributed by atoms with Crippen molar-refractivity contribution in [1.82, 2.24) is 5.43 Å². The highest BCUT2D eigenvalue weighted by Crippen LogP contribution is 2.29. The first-order valence-electron chi connectivity index (χ1n) is 4.86. The van der Waals surface area contributed by atoms with Crippen LogP contribution in [0.5, 0.6) is 5.75 Å². The number of nitrogens with one attached hydrogen (secondary N) is 1. The van der Waals surface area contributed by atoms with Gasteiger partial charge in [0.15, 0.2) is 0 Å². The number of ether oxygens (including phenoxy) is 1. The van der Waals surface area contributed by atoms with Crippen LogP contribution >= 0.6 is 0 Å². The van der Waals surface area contributed by atoms with E-state index in [1.165, 1.54) is 0 Å². The second-order valence-electron chi connectivity index (χ2n) is 3.63. The van der Waals surface area contributed by atoms with Gasteiger partial charge in [0.05, 0.1) is 13.2 Å². The number of benzene rings is 1. The van der Waals surface area contributed by atoms with E-state index >= 15 is 0 Å². The average Bonchev–Trinajstić information content (AvgIpc) is 2.17. The van der Waals surface area contributed by atoms with E-state index < -0.39 is 6.10 Å². The summed E-state index contributed by atoms with van der Waals surface area (Å²) < 4.78 is 5.27. The monoisotopic (exact) mass is 210 g/mol. The van der Waals surface area contributed by atoms with Crippen molar-refractivity contribution in [3.8, 4) is 5.75 Å². The highest BCUT2D eigenvalue weighted by Gasteiger charge is 2.14. The Morgan fingerprint density at radius 3 is 2.67 bits per heavy atom. The fourth-order valence-electron chi connectivity index (χ4n) is 1.74. The van der Waals surface area contributed by atoms with E-state index in [2.05, 4.69) is 5.43 Å². The number of methoxy groups -OCH3 is 1. The summed E-state index contributed by atoms with van der Waals surface area (Å²) in [4.78, 5) is 0. The van der Waals surface area contributed by atoms with Crippen LogP contribution in [0.3, 0.4) is 0 Å². The summed E-state index contributed by atoms with van der Waals surface area (Å²) in [5.74, 6) is 5.91. The predicted molar refractivity (Wildman–Crippen MR) is 59.6 cm³/mol. The number of aliphatic hydroxyl groups is 1. The van der Waals surface area contributed by atoms with Crippen molar-refractivity contribution in [3.05, 3.63) is 28.8 Å². The van der Waals surface area contributed by atoms with Crippen LogP contribution in [0.4, 0.5) is 0 Å². The fraction of sp³-hybridized carbons (Fsp3) is 0.455. The molecule has 4 nitrogen and oxygen atoms in total. The van der Waals surface area contributed by atoms with Crippen LogP contribution in [0.1, 0.15) is 22.8 Å². The Morgan fingerprint density at radius 1 is 1.47 bits per heavy atom. The van der Waals surface area contributed by atoms with Crippen LogP contribution in [0.2, 0.25) is 0 Å². The minimum absolute atomic E-state index is 0.305. The van der Waals surface area contributed by atoms with Crippen molar-refractivity contribution in [1.29, 1.82) is 0 Å². The van der Waals surface area contributed by atoms with Crippen LogP contribution in [0.15, 0.2) is 12.1 Å². The Hall–Kier alpha value is -1.10. The quantitative estimate of drug-likeness (QED) is 0.508. The zero-order valence-electron chi connectivity index (χ0n) is 9.37. The standard InChI is InChI=1S/C11H18N2O2/c1-7-4-8(2)11(15-3)9(5-7)10(14)6-13-12/h4-5,10,13-14H,6,12H2,1-3H3. The van der Waals surface area contributed by atoms with E-state index in [0.717, 1.165) is 22.4 Å². The van der Waals surface area contributed by atoms with Crippen molar-refractivity contribution < 1.29 is 9.84 Å². The predicted octanol–water partition coefficient (Wildman–Crippen LogP) is 0.809. The van der Waals surface area contributed by atoms with Crippen LogP contribution in [-0.4, -0.2) is 18.8 Å². The van der Waals surface area contributed by atoms with E-state index in [1.807, 2.05) is 26.0 Å². The molecule has 0 saturated heterocycles. The van der Waals surface area contributed by atoms with Crippen LogP contribution in [-0.2, 0) is 0 Å². The third kappa shape index (κ3) is 2.68. The van der Waals surface area contributed by atoms with E-state index in [-0.39, 0.29) is 0 Å². The number of aryl methyl sites for hydroxylation is 2. The third-order valence-electron chi connectivity index (χ3n) is 2.32. The van der Waals surface area contributed by atoms with Gasteiger partial charge in [0.2, 0.25) is 0 Å². The van der Waals surface area contributed by atoms with Gasteiger partial charge in [0, 0.05) is 12.1 Å². The molecule has 0 aliphatic heterocycles.